The number of nitrogens with zero attached hydrogens (tertiary/aromatic N) is 1. The molecule has 1 amide bonds. The van der Waals surface area contributed by atoms with Crippen molar-refractivity contribution in [1.29, 1.82) is 0 Å². The van der Waals surface area contributed by atoms with Gasteiger partial charge >= 0.3 is 5.69 Å². The standard InChI is InChI=1S/C23H28N2O5/c1-17(30-22-10-6-5-9-21(22)25(27)28)23(26)24-19-11-13-20(14-12-19)29-16-15-18-7-3-2-4-8-18/h5-6,9-14,17-18H,2-4,7-8,15-16H2,1H3,(H,24,26). The molecule has 0 aliphatic heterocycles. The molecule has 160 valence electrons. The van der Waals surface area contributed by atoms with E-state index >= 15 is 0 Å². The van der Waals surface area contributed by atoms with Crippen molar-refractivity contribution in [3.8, 4) is 11.5 Å². The summed E-state index contributed by atoms with van der Waals surface area (Å²) in [5.41, 5.74) is 0.435. The summed E-state index contributed by atoms with van der Waals surface area (Å²) < 4.78 is 11.3. The lowest BCUT2D eigenvalue weighted by molar-refractivity contribution is -0.386. The van der Waals surface area contributed by atoms with Gasteiger partial charge in [0, 0.05) is 11.8 Å². The Morgan fingerprint density at radius 2 is 1.83 bits per heavy atom. The number of amides is 1. The third kappa shape index (κ3) is 6.20. The molecule has 7 heteroatoms. The summed E-state index contributed by atoms with van der Waals surface area (Å²) in [5.74, 6) is 1.22. The predicted octanol–water partition coefficient (Wildman–Crippen LogP) is 5.35. The SMILES string of the molecule is CC(Oc1ccccc1[N+](=O)[O-])C(=O)Nc1ccc(OCCC2CCCCC2)cc1. The Kier molecular flexibility index (Phi) is 7.65. The third-order valence-corrected chi connectivity index (χ3v) is 5.38. The molecule has 2 aromatic carbocycles. The smallest absolute Gasteiger partial charge is 0.310 e. The van der Waals surface area contributed by atoms with Crippen molar-refractivity contribution in [1.82, 2.24) is 0 Å². The highest BCUT2D eigenvalue weighted by Gasteiger charge is 2.20. The van der Waals surface area contributed by atoms with Gasteiger partial charge in [0.25, 0.3) is 5.91 Å². The van der Waals surface area contributed by atoms with E-state index in [4.69, 9.17) is 9.47 Å². The van der Waals surface area contributed by atoms with Crippen molar-refractivity contribution < 1.29 is 19.2 Å². The van der Waals surface area contributed by atoms with Crippen molar-refractivity contribution >= 4 is 17.3 Å². The minimum absolute atomic E-state index is 0.0619. The number of hydrogen-bond acceptors (Lipinski definition) is 5. The Balaban J connectivity index is 1.47. The van der Waals surface area contributed by atoms with Crippen molar-refractivity contribution in [3.05, 3.63) is 58.6 Å². The molecule has 1 N–H and O–H groups in total. The van der Waals surface area contributed by atoms with Gasteiger partial charge in [-0.15, -0.1) is 0 Å². The number of rotatable bonds is 9. The minimum Gasteiger partial charge on any atom is -0.494 e. The maximum Gasteiger partial charge on any atom is 0.310 e. The Hall–Kier alpha value is -3.09. The Morgan fingerprint density at radius 1 is 1.13 bits per heavy atom. The van der Waals surface area contributed by atoms with Crippen LogP contribution in [-0.4, -0.2) is 23.5 Å². The molecule has 0 radical (unpaired) electrons. The highest BCUT2D eigenvalue weighted by Crippen LogP contribution is 2.28. The molecule has 0 spiro atoms. The summed E-state index contributed by atoms with van der Waals surface area (Å²) in [5, 5.41) is 13.8. The molecule has 2 aromatic rings. The molecule has 1 fully saturated rings. The molecule has 7 nitrogen and oxygen atoms in total. The van der Waals surface area contributed by atoms with Crippen molar-refractivity contribution in [2.45, 2.75) is 51.6 Å². The summed E-state index contributed by atoms with van der Waals surface area (Å²) in [7, 11) is 0. The van der Waals surface area contributed by atoms with Crippen molar-refractivity contribution in [2.75, 3.05) is 11.9 Å². The number of hydrogen-bond donors (Lipinski definition) is 1. The second-order valence-corrected chi connectivity index (χ2v) is 7.64. The molecule has 0 aromatic heterocycles. The van der Waals surface area contributed by atoms with E-state index in [1.54, 1.807) is 31.2 Å². The highest BCUT2D eigenvalue weighted by atomic mass is 16.6. The van der Waals surface area contributed by atoms with Crippen molar-refractivity contribution in [3.63, 3.8) is 0 Å². The molecule has 3 rings (SSSR count). The molecular weight excluding hydrogens is 384 g/mol. The first-order valence-electron chi connectivity index (χ1n) is 10.5. The molecule has 0 heterocycles. The van der Waals surface area contributed by atoms with Crippen LogP contribution in [0.5, 0.6) is 11.5 Å². The monoisotopic (exact) mass is 412 g/mol. The summed E-state index contributed by atoms with van der Waals surface area (Å²) in [6, 6.07) is 13.2. The fourth-order valence-electron chi connectivity index (χ4n) is 3.65. The van der Waals surface area contributed by atoms with Crippen LogP contribution in [-0.2, 0) is 4.79 Å². The van der Waals surface area contributed by atoms with E-state index in [2.05, 4.69) is 5.32 Å². The second-order valence-electron chi connectivity index (χ2n) is 7.64. The first-order valence-corrected chi connectivity index (χ1v) is 10.5. The molecule has 1 saturated carbocycles. The third-order valence-electron chi connectivity index (χ3n) is 5.38. The van der Waals surface area contributed by atoms with E-state index in [0.717, 1.165) is 18.1 Å². The number of nitrogens with one attached hydrogen (secondary N) is 1. The van der Waals surface area contributed by atoms with Crippen LogP contribution >= 0.6 is 0 Å². The molecule has 1 aliphatic carbocycles. The number of anilines is 1. The van der Waals surface area contributed by atoms with Gasteiger partial charge in [-0.05, 0) is 49.6 Å². The van der Waals surface area contributed by atoms with E-state index in [1.807, 2.05) is 12.1 Å². The quantitative estimate of drug-likeness (QED) is 0.443. The zero-order chi connectivity index (χ0) is 21.3. The predicted molar refractivity (Wildman–Crippen MR) is 115 cm³/mol. The molecule has 1 aliphatic rings. The number of benzene rings is 2. The van der Waals surface area contributed by atoms with Gasteiger partial charge in [0.05, 0.1) is 11.5 Å². The van der Waals surface area contributed by atoms with Crippen LogP contribution in [0.15, 0.2) is 48.5 Å². The van der Waals surface area contributed by atoms with Gasteiger partial charge in [-0.2, -0.15) is 0 Å². The maximum atomic E-state index is 12.4. The number of ether oxygens (including phenoxy) is 2. The number of nitro groups is 1. The fourth-order valence-corrected chi connectivity index (χ4v) is 3.65. The maximum absolute atomic E-state index is 12.4. The van der Waals surface area contributed by atoms with Crippen LogP contribution < -0.4 is 14.8 Å². The Labute approximate surface area is 176 Å². The summed E-state index contributed by atoms with van der Waals surface area (Å²) in [6.45, 7) is 2.26. The van der Waals surface area contributed by atoms with Crippen LogP contribution in [0.1, 0.15) is 45.4 Å². The van der Waals surface area contributed by atoms with Gasteiger partial charge in [0.15, 0.2) is 11.9 Å². The minimum atomic E-state index is -0.891. The molecule has 30 heavy (non-hydrogen) atoms. The van der Waals surface area contributed by atoms with Crippen LogP contribution in [0.3, 0.4) is 0 Å². The summed E-state index contributed by atoms with van der Waals surface area (Å²) in [6.07, 6.45) is 6.83. The van der Waals surface area contributed by atoms with E-state index in [0.29, 0.717) is 12.3 Å². The van der Waals surface area contributed by atoms with E-state index in [9.17, 15) is 14.9 Å². The molecule has 1 atom stereocenters. The summed E-state index contributed by atoms with van der Waals surface area (Å²) in [4.78, 5) is 22.9. The number of carbonyl (C=O) groups excluding carboxylic acids is 1. The second kappa shape index (κ2) is 10.6. The number of carbonyl (C=O) groups is 1. The number of para-hydroxylation sites is 2. The van der Waals surface area contributed by atoms with Gasteiger partial charge < -0.3 is 14.8 Å². The lowest BCUT2D eigenvalue weighted by atomic mass is 9.87. The van der Waals surface area contributed by atoms with Gasteiger partial charge in [-0.3, -0.25) is 14.9 Å². The zero-order valence-electron chi connectivity index (χ0n) is 17.2. The molecule has 0 bridgehead atoms. The molecular formula is C23H28N2O5. The topological polar surface area (TPSA) is 90.7 Å². The van der Waals surface area contributed by atoms with Gasteiger partial charge in [-0.25, -0.2) is 0 Å². The zero-order valence-corrected chi connectivity index (χ0v) is 17.2. The largest absolute Gasteiger partial charge is 0.494 e. The first-order chi connectivity index (χ1) is 14.5. The van der Waals surface area contributed by atoms with Crippen LogP contribution in [0.2, 0.25) is 0 Å². The van der Waals surface area contributed by atoms with Gasteiger partial charge in [0.1, 0.15) is 5.75 Å². The average Bonchev–Trinajstić information content (AvgIpc) is 2.76. The van der Waals surface area contributed by atoms with E-state index in [-0.39, 0.29) is 17.3 Å². The normalized spacial score (nSPS) is 15.2. The van der Waals surface area contributed by atoms with Crippen LogP contribution in [0.4, 0.5) is 11.4 Å². The fraction of sp³-hybridized carbons (Fsp3) is 0.435. The van der Waals surface area contributed by atoms with Crippen LogP contribution in [0, 0.1) is 16.0 Å². The molecule has 1 unspecified atom stereocenters. The lowest BCUT2D eigenvalue weighted by Gasteiger charge is -2.21. The first kappa shape index (κ1) is 21.6. The Bertz CT molecular complexity index is 847. The average molecular weight is 412 g/mol. The Morgan fingerprint density at radius 3 is 2.53 bits per heavy atom. The van der Waals surface area contributed by atoms with Crippen molar-refractivity contribution in [2.24, 2.45) is 5.92 Å². The summed E-state index contributed by atoms with van der Waals surface area (Å²) >= 11 is 0. The van der Waals surface area contributed by atoms with Gasteiger partial charge in [0.2, 0.25) is 0 Å². The molecule has 0 saturated heterocycles. The number of nitro benzene ring substituents is 1. The van der Waals surface area contributed by atoms with Crippen LogP contribution in [0.25, 0.3) is 0 Å². The van der Waals surface area contributed by atoms with E-state index < -0.39 is 11.0 Å². The lowest BCUT2D eigenvalue weighted by Crippen LogP contribution is -2.30. The highest BCUT2D eigenvalue weighted by molar-refractivity contribution is 5.94. The van der Waals surface area contributed by atoms with Gasteiger partial charge in [-0.1, -0.05) is 44.2 Å². The van der Waals surface area contributed by atoms with E-state index in [1.165, 1.54) is 44.2 Å².